The van der Waals surface area contributed by atoms with Gasteiger partial charge in [-0.3, -0.25) is 0 Å². The maximum absolute atomic E-state index is 10.9. The van der Waals surface area contributed by atoms with E-state index in [1.165, 1.54) is 12.8 Å². The van der Waals surface area contributed by atoms with Gasteiger partial charge in [0.05, 0.1) is 5.60 Å². The first-order chi connectivity index (χ1) is 7.55. The second kappa shape index (κ2) is 4.28. The van der Waals surface area contributed by atoms with Crippen LogP contribution in [-0.4, -0.2) is 42.3 Å². The van der Waals surface area contributed by atoms with E-state index < -0.39 is 5.60 Å². The molecule has 1 saturated heterocycles. The summed E-state index contributed by atoms with van der Waals surface area (Å²) in [6.07, 6.45) is 5.63. The Balaban J connectivity index is 2.16. The van der Waals surface area contributed by atoms with Crippen molar-refractivity contribution in [2.75, 3.05) is 26.7 Å². The van der Waals surface area contributed by atoms with Crippen LogP contribution in [0.5, 0.6) is 0 Å². The quantitative estimate of drug-likeness (QED) is 0.760. The SMILES string of the molecule is CCC1CCC(CN)(C2(O)CCN(C)C2)C1. The van der Waals surface area contributed by atoms with E-state index in [1.54, 1.807) is 0 Å². The number of likely N-dealkylation sites (tertiary alicyclic amines) is 1. The second-order valence-corrected chi connectivity index (χ2v) is 6.02. The van der Waals surface area contributed by atoms with Crippen LogP contribution in [0, 0.1) is 11.3 Å². The molecule has 3 N–H and O–H groups in total. The first kappa shape index (κ1) is 12.3. The van der Waals surface area contributed by atoms with E-state index in [0.29, 0.717) is 6.54 Å². The van der Waals surface area contributed by atoms with Crippen molar-refractivity contribution in [2.45, 2.75) is 44.6 Å². The molecule has 1 saturated carbocycles. The molecule has 0 amide bonds. The van der Waals surface area contributed by atoms with Crippen molar-refractivity contribution in [2.24, 2.45) is 17.1 Å². The van der Waals surface area contributed by atoms with Gasteiger partial charge in [0.15, 0.2) is 0 Å². The summed E-state index contributed by atoms with van der Waals surface area (Å²) in [6, 6.07) is 0. The van der Waals surface area contributed by atoms with E-state index in [0.717, 1.165) is 38.3 Å². The lowest BCUT2D eigenvalue weighted by molar-refractivity contribution is -0.0695. The summed E-state index contributed by atoms with van der Waals surface area (Å²) in [5.74, 6) is 0.776. The molecule has 1 aliphatic heterocycles. The van der Waals surface area contributed by atoms with Gasteiger partial charge in [-0.15, -0.1) is 0 Å². The molecule has 3 heteroatoms. The van der Waals surface area contributed by atoms with Crippen LogP contribution in [0.2, 0.25) is 0 Å². The Labute approximate surface area is 99.0 Å². The maximum Gasteiger partial charge on any atom is 0.0854 e. The summed E-state index contributed by atoms with van der Waals surface area (Å²) in [5.41, 5.74) is 5.49. The van der Waals surface area contributed by atoms with Crippen LogP contribution >= 0.6 is 0 Å². The highest BCUT2D eigenvalue weighted by atomic mass is 16.3. The zero-order chi connectivity index (χ0) is 11.8. The molecule has 2 aliphatic rings. The molecule has 16 heavy (non-hydrogen) atoms. The Morgan fingerprint density at radius 3 is 2.62 bits per heavy atom. The summed E-state index contributed by atoms with van der Waals surface area (Å²) in [6.45, 7) is 4.71. The minimum atomic E-state index is -0.527. The van der Waals surface area contributed by atoms with Crippen molar-refractivity contribution in [1.82, 2.24) is 4.90 Å². The number of hydrogen-bond acceptors (Lipinski definition) is 3. The van der Waals surface area contributed by atoms with Gasteiger partial charge in [-0.25, -0.2) is 0 Å². The summed E-state index contributed by atoms with van der Waals surface area (Å²) in [7, 11) is 2.09. The Kier molecular flexibility index (Phi) is 3.30. The van der Waals surface area contributed by atoms with Crippen LogP contribution in [0.4, 0.5) is 0 Å². The fraction of sp³-hybridized carbons (Fsp3) is 1.00. The molecule has 94 valence electrons. The average molecular weight is 226 g/mol. The van der Waals surface area contributed by atoms with Crippen molar-refractivity contribution < 1.29 is 5.11 Å². The third-order valence-corrected chi connectivity index (χ3v) is 5.10. The second-order valence-electron chi connectivity index (χ2n) is 6.02. The fourth-order valence-electron chi connectivity index (χ4n) is 3.80. The summed E-state index contributed by atoms with van der Waals surface area (Å²) >= 11 is 0. The number of rotatable bonds is 3. The van der Waals surface area contributed by atoms with Crippen LogP contribution in [0.25, 0.3) is 0 Å². The van der Waals surface area contributed by atoms with Crippen molar-refractivity contribution in [3.8, 4) is 0 Å². The predicted molar refractivity (Wildman–Crippen MR) is 66.2 cm³/mol. The van der Waals surface area contributed by atoms with E-state index in [-0.39, 0.29) is 5.41 Å². The summed E-state index contributed by atoms with van der Waals surface area (Å²) < 4.78 is 0. The highest BCUT2D eigenvalue weighted by molar-refractivity contribution is 5.07. The lowest BCUT2D eigenvalue weighted by Gasteiger charge is -2.42. The molecular formula is C13H26N2O. The van der Waals surface area contributed by atoms with Gasteiger partial charge < -0.3 is 15.7 Å². The van der Waals surface area contributed by atoms with Crippen LogP contribution in [0.1, 0.15) is 39.0 Å². The highest BCUT2D eigenvalue weighted by Gasteiger charge is 2.54. The van der Waals surface area contributed by atoms with Gasteiger partial charge in [0.25, 0.3) is 0 Å². The Hall–Kier alpha value is -0.120. The zero-order valence-electron chi connectivity index (χ0n) is 10.7. The third-order valence-electron chi connectivity index (χ3n) is 5.10. The number of likely N-dealkylation sites (N-methyl/N-ethyl adjacent to an activating group) is 1. The molecule has 2 fully saturated rings. The van der Waals surface area contributed by atoms with Crippen LogP contribution in [-0.2, 0) is 0 Å². The van der Waals surface area contributed by atoms with Crippen molar-refractivity contribution >= 4 is 0 Å². The van der Waals surface area contributed by atoms with Gasteiger partial charge in [-0.1, -0.05) is 13.3 Å². The van der Waals surface area contributed by atoms with Crippen molar-refractivity contribution in [1.29, 1.82) is 0 Å². The molecule has 3 unspecified atom stereocenters. The Morgan fingerprint density at radius 2 is 2.19 bits per heavy atom. The van der Waals surface area contributed by atoms with Gasteiger partial charge in [-0.2, -0.15) is 0 Å². The molecule has 0 radical (unpaired) electrons. The van der Waals surface area contributed by atoms with Gasteiger partial charge in [-0.05, 0) is 38.6 Å². The smallest absolute Gasteiger partial charge is 0.0854 e. The molecule has 0 bridgehead atoms. The third kappa shape index (κ3) is 1.79. The van der Waals surface area contributed by atoms with Gasteiger partial charge in [0, 0.05) is 25.0 Å². The molecule has 3 nitrogen and oxygen atoms in total. The van der Waals surface area contributed by atoms with Crippen LogP contribution < -0.4 is 5.73 Å². The first-order valence-electron chi connectivity index (χ1n) is 6.66. The molecule has 0 aromatic heterocycles. The predicted octanol–water partition coefficient (Wildman–Crippen LogP) is 1.21. The van der Waals surface area contributed by atoms with Gasteiger partial charge >= 0.3 is 0 Å². The standard InChI is InChI=1S/C13H26N2O/c1-3-11-4-5-12(8-11,9-14)13(16)6-7-15(2)10-13/h11,16H,3-10,14H2,1-2H3. The molecule has 0 aromatic rings. The minimum Gasteiger partial charge on any atom is -0.388 e. The van der Waals surface area contributed by atoms with Gasteiger partial charge in [0.2, 0.25) is 0 Å². The molecular weight excluding hydrogens is 200 g/mol. The number of aliphatic hydroxyl groups is 1. The topological polar surface area (TPSA) is 49.5 Å². The maximum atomic E-state index is 10.9. The van der Waals surface area contributed by atoms with E-state index in [1.807, 2.05) is 0 Å². The average Bonchev–Trinajstić information content (AvgIpc) is 2.84. The first-order valence-corrected chi connectivity index (χ1v) is 6.66. The lowest BCUT2D eigenvalue weighted by Crippen LogP contribution is -2.52. The molecule has 1 aliphatic carbocycles. The van der Waals surface area contributed by atoms with E-state index >= 15 is 0 Å². The Morgan fingerprint density at radius 1 is 1.44 bits per heavy atom. The van der Waals surface area contributed by atoms with E-state index in [4.69, 9.17) is 5.73 Å². The normalized spacial score (nSPS) is 45.4. The molecule has 3 atom stereocenters. The minimum absolute atomic E-state index is 0.00155. The van der Waals surface area contributed by atoms with Gasteiger partial charge in [0.1, 0.15) is 0 Å². The molecule has 2 rings (SSSR count). The fourth-order valence-corrected chi connectivity index (χ4v) is 3.80. The number of nitrogens with two attached hydrogens (primary N) is 1. The van der Waals surface area contributed by atoms with Crippen molar-refractivity contribution in [3.63, 3.8) is 0 Å². The summed E-state index contributed by atoms with van der Waals surface area (Å²) in [4.78, 5) is 2.23. The van der Waals surface area contributed by atoms with Crippen LogP contribution in [0.15, 0.2) is 0 Å². The highest BCUT2D eigenvalue weighted by Crippen LogP contribution is 2.52. The number of β-amino-alcohol motifs (C(OH)–C–C–N with tert-alkyl or cyclic N) is 1. The molecule has 0 spiro atoms. The number of nitrogens with zero attached hydrogens (tertiary/aromatic N) is 1. The van der Waals surface area contributed by atoms with E-state index in [2.05, 4.69) is 18.9 Å². The van der Waals surface area contributed by atoms with Crippen LogP contribution in [0.3, 0.4) is 0 Å². The summed E-state index contributed by atoms with van der Waals surface area (Å²) in [5, 5.41) is 10.9. The molecule has 0 aromatic carbocycles. The largest absolute Gasteiger partial charge is 0.388 e. The lowest BCUT2D eigenvalue weighted by atomic mass is 9.69. The molecule has 1 heterocycles. The van der Waals surface area contributed by atoms with E-state index in [9.17, 15) is 5.11 Å². The van der Waals surface area contributed by atoms with Crippen molar-refractivity contribution in [3.05, 3.63) is 0 Å². The monoisotopic (exact) mass is 226 g/mol. The number of hydrogen-bond donors (Lipinski definition) is 2. The Bertz CT molecular complexity index is 258. The zero-order valence-corrected chi connectivity index (χ0v) is 10.7.